The Morgan fingerprint density at radius 2 is 2.15 bits per heavy atom. The van der Waals surface area contributed by atoms with E-state index in [-0.39, 0.29) is 0 Å². The van der Waals surface area contributed by atoms with Crippen molar-refractivity contribution in [3.8, 4) is 0 Å². The summed E-state index contributed by atoms with van der Waals surface area (Å²) in [5.74, 6) is 1.14. The lowest BCUT2D eigenvalue weighted by atomic mass is 10.2. The standard InChI is InChI=1S/C16H22N4/c1-19-15-7-3-2-6-14(15)18-16(19)20(13-8-9-13)11-12-5-4-10-17-12/h2-3,6-7,12-13,17H,4-5,8-11H2,1H3. The summed E-state index contributed by atoms with van der Waals surface area (Å²) in [6.45, 7) is 2.27. The van der Waals surface area contributed by atoms with Crippen LogP contribution in [-0.4, -0.2) is 34.7 Å². The molecule has 0 radical (unpaired) electrons. The number of rotatable bonds is 4. The van der Waals surface area contributed by atoms with Gasteiger partial charge in [0.2, 0.25) is 5.95 Å². The molecule has 1 saturated heterocycles. The Labute approximate surface area is 119 Å². The number of hydrogen-bond donors (Lipinski definition) is 1. The molecule has 1 saturated carbocycles. The van der Waals surface area contributed by atoms with Crippen molar-refractivity contribution in [2.75, 3.05) is 18.0 Å². The highest BCUT2D eigenvalue weighted by atomic mass is 15.3. The quantitative estimate of drug-likeness (QED) is 0.925. The molecule has 4 rings (SSSR count). The summed E-state index contributed by atoms with van der Waals surface area (Å²) in [7, 11) is 2.14. The number of nitrogens with one attached hydrogen (secondary N) is 1. The summed E-state index contributed by atoms with van der Waals surface area (Å²) < 4.78 is 2.25. The number of fused-ring (bicyclic) bond motifs is 1. The minimum Gasteiger partial charge on any atom is -0.338 e. The van der Waals surface area contributed by atoms with Crippen LogP contribution in [0.5, 0.6) is 0 Å². The zero-order chi connectivity index (χ0) is 13.5. The average molecular weight is 270 g/mol. The van der Waals surface area contributed by atoms with Gasteiger partial charge in [0.15, 0.2) is 0 Å². The molecule has 2 aliphatic rings. The van der Waals surface area contributed by atoms with Crippen LogP contribution in [0.3, 0.4) is 0 Å². The molecule has 0 spiro atoms. The molecule has 1 unspecified atom stereocenters. The number of benzene rings is 1. The molecular formula is C16H22N4. The van der Waals surface area contributed by atoms with Gasteiger partial charge in [-0.05, 0) is 44.4 Å². The van der Waals surface area contributed by atoms with E-state index in [9.17, 15) is 0 Å². The van der Waals surface area contributed by atoms with Crippen molar-refractivity contribution in [2.45, 2.75) is 37.8 Å². The van der Waals surface area contributed by atoms with Gasteiger partial charge in [-0.25, -0.2) is 4.98 Å². The Morgan fingerprint density at radius 1 is 1.30 bits per heavy atom. The first-order chi connectivity index (χ1) is 9.83. The number of imidazole rings is 1. The highest BCUT2D eigenvalue weighted by Gasteiger charge is 2.33. The normalized spacial score (nSPS) is 22.6. The zero-order valence-corrected chi connectivity index (χ0v) is 12.0. The third-order valence-corrected chi connectivity index (χ3v) is 4.59. The Bertz CT molecular complexity index is 608. The minimum absolute atomic E-state index is 0.635. The van der Waals surface area contributed by atoms with E-state index in [4.69, 9.17) is 4.98 Å². The SMILES string of the molecule is Cn1c(N(CC2CCCN2)C2CC2)nc2ccccc21. The van der Waals surface area contributed by atoms with Gasteiger partial charge in [-0.3, -0.25) is 0 Å². The van der Waals surface area contributed by atoms with Crippen molar-refractivity contribution < 1.29 is 0 Å². The van der Waals surface area contributed by atoms with Gasteiger partial charge in [-0.2, -0.15) is 0 Å². The maximum Gasteiger partial charge on any atom is 0.206 e. The van der Waals surface area contributed by atoms with Crippen LogP contribution < -0.4 is 10.2 Å². The van der Waals surface area contributed by atoms with Gasteiger partial charge in [0.1, 0.15) is 0 Å². The Balaban J connectivity index is 1.68. The van der Waals surface area contributed by atoms with Gasteiger partial charge in [0.25, 0.3) is 0 Å². The van der Waals surface area contributed by atoms with Crippen molar-refractivity contribution in [3.05, 3.63) is 24.3 Å². The van der Waals surface area contributed by atoms with E-state index in [0.29, 0.717) is 12.1 Å². The van der Waals surface area contributed by atoms with Crippen LogP contribution in [0.15, 0.2) is 24.3 Å². The number of hydrogen-bond acceptors (Lipinski definition) is 3. The van der Waals surface area contributed by atoms with E-state index < -0.39 is 0 Å². The summed E-state index contributed by atoms with van der Waals surface area (Å²) in [6, 6.07) is 9.76. The lowest BCUT2D eigenvalue weighted by Crippen LogP contribution is -2.40. The van der Waals surface area contributed by atoms with Crippen molar-refractivity contribution in [3.63, 3.8) is 0 Å². The second-order valence-corrected chi connectivity index (χ2v) is 6.14. The van der Waals surface area contributed by atoms with E-state index >= 15 is 0 Å². The largest absolute Gasteiger partial charge is 0.338 e. The lowest BCUT2D eigenvalue weighted by molar-refractivity contribution is 0.568. The first-order valence-corrected chi connectivity index (χ1v) is 7.74. The molecule has 0 amide bonds. The summed E-state index contributed by atoms with van der Waals surface area (Å²) in [4.78, 5) is 7.41. The number of para-hydroxylation sites is 2. The fraction of sp³-hybridized carbons (Fsp3) is 0.562. The van der Waals surface area contributed by atoms with Gasteiger partial charge in [0.05, 0.1) is 11.0 Å². The van der Waals surface area contributed by atoms with Gasteiger partial charge < -0.3 is 14.8 Å². The fourth-order valence-corrected chi connectivity index (χ4v) is 3.32. The van der Waals surface area contributed by atoms with Crippen molar-refractivity contribution in [1.29, 1.82) is 0 Å². The number of anilines is 1. The van der Waals surface area contributed by atoms with Crippen molar-refractivity contribution in [1.82, 2.24) is 14.9 Å². The highest BCUT2D eigenvalue weighted by molar-refractivity contribution is 5.78. The molecular weight excluding hydrogens is 248 g/mol. The molecule has 0 bridgehead atoms. The molecule has 106 valence electrons. The molecule has 1 atom stereocenters. The third kappa shape index (κ3) is 2.08. The van der Waals surface area contributed by atoms with Gasteiger partial charge in [0, 0.05) is 25.7 Å². The second kappa shape index (κ2) is 4.77. The molecule has 4 heteroatoms. The Kier molecular flexibility index (Phi) is 2.91. The molecule has 2 aromatic rings. The first kappa shape index (κ1) is 12.2. The molecule has 2 heterocycles. The van der Waals surface area contributed by atoms with Crippen LogP contribution in [0, 0.1) is 0 Å². The third-order valence-electron chi connectivity index (χ3n) is 4.59. The Morgan fingerprint density at radius 3 is 2.85 bits per heavy atom. The van der Waals surface area contributed by atoms with Gasteiger partial charge in [-0.1, -0.05) is 12.1 Å². The lowest BCUT2D eigenvalue weighted by Gasteiger charge is -2.26. The van der Waals surface area contributed by atoms with Crippen LogP contribution in [0.2, 0.25) is 0 Å². The minimum atomic E-state index is 0.635. The first-order valence-electron chi connectivity index (χ1n) is 7.74. The molecule has 1 aliphatic heterocycles. The molecule has 4 nitrogen and oxygen atoms in total. The zero-order valence-electron chi connectivity index (χ0n) is 12.0. The second-order valence-electron chi connectivity index (χ2n) is 6.14. The van der Waals surface area contributed by atoms with Gasteiger partial charge >= 0.3 is 0 Å². The van der Waals surface area contributed by atoms with Crippen molar-refractivity contribution >= 4 is 17.0 Å². The number of aromatic nitrogens is 2. The molecule has 1 aliphatic carbocycles. The van der Waals surface area contributed by atoms with E-state index in [1.54, 1.807) is 0 Å². The van der Waals surface area contributed by atoms with Crippen molar-refractivity contribution in [2.24, 2.45) is 7.05 Å². The number of aryl methyl sites for hydroxylation is 1. The van der Waals surface area contributed by atoms with Crippen LogP contribution in [-0.2, 0) is 7.05 Å². The summed E-state index contributed by atoms with van der Waals surface area (Å²) in [5.41, 5.74) is 2.34. The van der Waals surface area contributed by atoms with Crippen LogP contribution in [0.1, 0.15) is 25.7 Å². The van der Waals surface area contributed by atoms with Crippen LogP contribution in [0.25, 0.3) is 11.0 Å². The molecule has 1 aromatic carbocycles. The predicted molar refractivity (Wildman–Crippen MR) is 82.1 cm³/mol. The monoisotopic (exact) mass is 270 g/mol. The van der Waals surface area contributed by atoms with E-state index in [1.807, 2.05) is 0 Å². The average Bonchev–Trinajstić information content (AvgIpc) is 3.08. The van der Waals surface area contributed by atoms with Crippen LogP contribution >= 0.6 is 0 Å². The molecule has 2 fully saturated rings. The predicted octanol–water partition coefficient (Wildman–Crippen LogP) is 2.29. The maximum atomic E-state index is 4.88. The molecule has 1 N–H and O–H groups in total. The molecule has 20 heavy (non-hydrogen) atoms. The summed E-state index contributed by atoms with van der Waals surface area (Å²) >= 11 is 0. The van der Waals surface area contributed by atoms with Gasteiger partial charge in [-0.15, -0.1) is 0 Å². The maximum absolute atomic E-state index is 4.88. The topological polar surface area (TPSA) is 33.1 Å². The highest BCUT2D eigenvalue weighted by Crippen LogP contribution is 2.33. The smallest absolute Gasteiger partial charge is 0.206 e. The number of nitrogens with zero attached hydrogens (tertiary/aromatic N) is 3. The summed E-state index contributed by atoms with van der Waals surface area (Å²) in [5, 5.41) is 3.61. The van der Waals surface area contributed by atoms with Crippen LogP contribution in [0.4, 0.5) is 5.95 Å². The fourth-order valence-electron chi connectivity index (χ4n) is 3.32. The summed E-state index contributed by atoms with van der Waals surface area (Å²) in [6.07, 6.45) is 5.24. The van der Waals surface area contributed by atoms with E-state index in [2.05, 4.69) is 46.1 Å². The molecule has 1 aromatic heterocycles. The van der Waals surface area contributed by atoms with E-state index in [0.717, 1.165) is 18.0 Å². The Hall–Kier alpha value is -1.55. The van der Waals surface area contributed by atoms with E-state index in [1.165, 1.54) is 37.7 Å².